The van der Waals surface area contributed by atoms with Crippen molar-refractivity contribution in [3.8, 4) is 0 Å². The molecule has 0 saturated carbocycles. The molecule has 5 rings (SSSR count). The van der Waals surface area contributed by atoms with Crippen LogP contribution in [0.2, 0.25) is 0 Å². The summed E-state index contributed by atoms with van der Waals surface area (Å²) in [5, 5.41) is 9.14. The van der Waals surface area contributed by atoms with E-state index in [1.807, 2.05) is 0 Å². The number of nitrogens with zero attached hydrogens (tertiary/aromatic N) is 3. The summed E-state index contributed by atoms with van der Waals surface area (Å²) in [5.41, 5.74) is 0.477. The van der Waals surface area contributed by atoms with E-state index < -0.39 is 41.4 Å². The molecule has 2 N–H and O–H groups in total. The quantitative estimate of drug-likeness (QED) is 0.630. The number of benzene rings is 2. The Hall–Kier alpha value is -3.73. The number of aromatic nitrogens is 3. The summed E-state index contributed by atoms with van der Waals surface area (Å²) in [5.74, 6) is -3.39. The molecule has 0 saturated heterocycles. The van der Waals surface area contributed by atoms with Crippen molar-refractivity contribution < 1.29 is 27.5 Å². The third-order valence-corrected chi connectivity index (χ3v) is 5.62. The normalized spacial score (nSPS) is 19.8. The lowest BCUT2D eigenvalue weighted by atomic mass is 10.1. The zero-order chi connectivity index (χ0) is 23.1. The standard InChI is InChI=1S/C22H18F3N5O3/c23-12-9-11-5-6-16(21(31)27-17(11)15(25)10-12)26-22(32)19-28-20-18(33-8-7-30(20)29-19)13-3-1-2-4-14(13)24/h1-4,9-10,16,18H,5-8H2,(H,26,32)(H,27,31)/t16?,18-/m0/s1. The highest BCUT2D eigenvalue weighted by molar-refractivity contribution is 6.00. The van der Waals surface area contributed by atoms with Crippen LogP contribution in [0.3, 0.4) is 0 Å². The maximum Gasteiger partial charge on any atom is 0.291 e. The van der Waals surface area contributed by atoms with E-state index in [4.69, 9.17) is 4.74 Å². The van der Waals surface area contributed by atoms with Gasteiger partial charge in [0, 0.05) is 11.6 Å². The van der Waals surface area contributed by atoms with Crippen molar-refractivity contribution in [1.29, 1.82) is 0 Å². The summed E-state index contributed by atoms with van der Waals surface area (Å²) >= 11 is 0. The van der Waals surface area contributed by atoms with Crippen LogP contribution < -0.4 is 10.6 Å². The van der Waals surface area contributed by atoms with Gasteiger partial charge in [-0.25, -0.2) is 22.8 Å². The van der Waals surface area contributed by atoms with Gasteiger partial charge in [-0.1, -0.05) is 18.2 Å². The first-order valence-electron chi connectivity index (χ1n) is 10.3. The van der Waals surface area contributed by atoms with Crippen molar-refractivity contribution in [3.05, 3.63) is 76.6 Å². The molecule has 2 aliphatic heterocycles. The number of carbonyl (C=O) groups is 2. The minimum absolute atomic E-state index is 0.0985. The van der Waals surface area contributed by atoms with Crippen LogP contribution in [0, 0.1) is 17.5 Å². The third kappa shape index (κ3) is 3.95. The monoisotopic (exact) mass is 457 g/mol. The maximum absolute atomic E-state index is 14.3. The highest BCUT2D eigenvalue weighted by Gasteiger charge is 2.32. The van der Waals surface area contributed by atoms with Gasteiger partial charge in [0.1, 0.15) is 29.6 Å². The predicted octanol–water partition coefficient (Wildman–Crippen LogP) is 2.50. The van der Waals surface area contributed by atoms with Gasteiger partial charge in [0.05, 0.1) is 18.8 Å². The van der Waals surface area contributed by atoms with Gasteiger partial charge < -0.3 is 15.4 Å². The van der Waals surface area contributed by atoms with Crippen molar-refractivity contribution in [2.24, 2.45) is 0 Å². The summed E-state index contributed by atoms with van der Waals surface area (Å²) in [7, 11) is 0. The second-order valence-electron chi connectivity index (χ2n) is 7.76. The predicted molar refractivity (Wildman–Crippen MR) is 109 cm³/mol. The highest BCUT2D eigenvalue weighted by atomic mass is 19.1. The first-order valence-corrected chi connectivity index (χ1v) is 10.3. The SMILES string of the molecule is O=C(NC1CCc2cc(F)cc(F)c2NC1=O)c1nc2n(n1)CCO[C@H]2c1ccccc1F. The molecule has 11 heteroatoms. The van der Waals surface area contributed by atoms with Gasteiger partial charge in [0.15, 0.2) is 5.82 Å². The van der Waals surface area contributed by atoms with Crippen molar-refractivity contribution >= 4 is 17.5 Å². The Morgan fingerprint density at radius 2 is 2.00 bits per heavy atom. The fourth-order valence-electron chi connectivity index (χ4n) is 4.02. The average Bonchev–Trinajstić information content (AvgIpc) is 3.17. The number of ether oxygens (including phenoxy) is 1. The smallest absolute Gasteiger partial charge is 0.291 e. The molecule has 1 aromatic heterocycles. The van der Waals surface area contributed by atoms with Crippen LogP contribution in [0.1, 0.15) is 40.1 Å². The Morgan fingerprint density at radius 3 is 2.82 bits per heavy atom. The van der Waals surface area contributed by atoms with Crippen LogP contribution in [0.5, 0.6) is 0 Å². The first kappa shape index (κ1) is 21.1. The van der Waals surface area contributed by atoms with Crippen LogP contribution in [0.25, 0.3) is 0 Å². The summed E-state index contributed by atoms with van der Waals surface area (Å²) in [6.45, 7) is 0.576. The topological polar surface area (TPSA) is 98.1 Å². The lowest BCUT2D eigenvalue weighted by Crippen LogP contribution is -2.43. The lowest BCUT2D eigenvalue weighted by molar-refractivity contribution is -0.118. The fourth-order valence-corrected chi connectivity index (χ4v) is 4.02. The number of amides is 2. The van der Waals surface area contributed by atoms with Crippen LogP contribution in [0.4, 0.5) is 18.9 Å². The van der Waals surface area contributed by atoms with Crippen LogP contribution in [-0.2, 0) is 22.5 Å². The van der Waals surface area contributed by atoms with E-state index in [0.29, 0.717) is 18.2 Å². The Balaban J connectivity index is 1.36. The number of aryl methyl sites for hydroxylation is 1. The number of carbonyl (C=O) groups excluding carboxylic acids is 2. The maximum atomic E-state index is 14.3. The molecular formula is C22H18F3N5O3. The third-order valence-electron chi connectivity index (χ3n) is 5.62. The van der Waals surface area contributed by atoms with E-state index in [1.54, 1.807) is 18.2 Å². The zero-order valence-electron chi connectivity index (χ0n) is 17.1. The van der Waals surface area contributed by atoms with E-state index in [-0.39, 0.29) is 42.3 Å². The Bertz CT molecular complexity index is 1260. The second kappa shape index (κ2) is 8.32. The van der Waals surface area contributed by atoms with E-state index in [2.05, 4.69) is 20.7 Å². The zero-order valence-corrected chi connectivity index (χ0v) is 17.1. The number of hydrogen-bond donors (Lipinski definition) is 2. The van der Waals surface area contributed by atoms with E-state index >= 15 is 0 Å². The number of nitrogens with one attached hydrogen (secondary N) is 2. The van der Waals surface area contributed by atoms with Gasteiger partial charge in [-0.3, -0.25) is 9.59 Å². The summed E-state index contributed by atoms with van der Waals surface area (Å²) in [4.78, 5) is 29.6. The molecule has 2 amide bonds. The molecule has 3 heterocycles. The molecule has 0 aliphatic carbocycles. The number of halogens is 3. The minimum Gasteiger partial charge on any atom is -0.363 e. The fraction of sp³-hybridized carbons (Fsp3) is 0.273. The van der Waals surface area contributed by atoms with Crippen LogP contribution >= 0.6 is 0 Å². The molecule has 170 valence electrons. The van der Waals surface area contributed by atoms with Crippen molar-refractivity contribution in [1.82, 2.24) is 20.1 Å². The molecule has 3 aromatic rings. The van der Waals surface area contributed by atoms with E-state index in [1.165, 1.54) is 10.7 Å². The average molecular weight is 457 g/mol. The molecule has 33 heavy (non-hydrogen) atoms. The van der Waals surface area contributed by atoms with Crippen LogP contribution in [-0.4, -0.2) is 39.2 Å². The van der Waals surface area contributed by atoms with Gasteiger partial charge >= 0.3 is 0 Å². The summed E-state index contributed by atoms with van der Waals surface area (Å²) < 4.78 is 49.0. The highest BCUT2D eigenvalue weighted by Crippen LogP contribution is 2.30. The van der Waals surface area contributed by atoms with Gasteiger partial charge in [-0.05, 0) is 30.5 Å². The Kier molecular flexibility index (Phi) is 5.33. The molecule has 1 unspecified atom stereocenters. The number of rotatable bonds is 3. The number of hydrogen-bond acceptors (Lipinski definition) is 5. The van der Waals surface area contributed by atoms with Crippen molar-refractivity contribution in [2.75, 3.05) is 11.9 Å². The minimum atomic E-state index is -1.01. The first-order chi connectivity index (χ1) is 15.9. The van der Waals surface area contributed by atoms with Gasteiger partial charge in [-0.2, -0.15) is 0 Å². The molecule has 2 aromatic carbocycles. The summed E-state index contributed by atoms with van der Waals surface area (Å²) in [6.07, 6.45) is -0.533. The molecule has 0 spiro atoms. The van der Waals surface area contributed by atoms with E-state index in [9.17, 15) is 22.8 Å². The number of fused-ring (bicyclic) bond motifs is 2. The Morgan fingerprint density at radius 1 is 1.18 bits per heavy atom. The van der Waals surface area contributed by atoms with Gasteiger partial charge in [0.2, 0.25) is 11.7 Å². The molecule has 0 radical (unpaired) electrons. The van der Waals surface area contributed by atoms with Crippen LogP contribution in [0.15, 0.2) is 36.4 Å². The summed E-state index contributed by atoms with van der Waals surface area (Å²) in [6, 6.07) is 6.93. The number of anilines is 1. The second-order valence-corrected chi connectivity index (χ2v) is 7.76. The van der Waals surface area contributed by atoms with Crippen molar-refractivity contribution in [2.45, 2.75) is 31.5 Å². The Labute approximate surface area is 185 Å². The van der Waals surface area contributed by atoms with Gasteiger partial charge in [0.25, 0.3) is 5.91 Å². The van der Waals surface area contributed by atoms with Crippen molar-refractivity contribution in [3.63, 3.8) is 0 Å². The molecular weight excluding hydrogens is 439 g/mol. The molecule has 2 atom stereocenters. The molecule has 0 bridgehead atoms. The molecule has 8 nitrogen and oxygen atoms in total. The molecule has 2 aliphatic rings. The molecule has 0 fully saturated rings. The largest absolute Gasteiger partial charge is 0.363 e. The lowest BCUT2D eigenvalue weighted by Gasteiger charge is -2.23. The van der Waals surface area contributed by atoms with E-state index in [0.717, 1.165) is 6.07 Å². The van der Waals surface area contributed by atoms with Gasteiger partial charge in [-0.15, -0.1) is 5.10 Å².